The summed E-state index contributed by atoms with van der Waals surface area (Å²) >= 11 is 0. The molecule has 2 heteroatoms. The summed E-state index contributed by atoms with van der Waals surface area (Å²) in [4.78, 5) is 0. The summed E-state index contributed by atoms with van der Waals surface area (Å²) in [6, 6.07) is 9.68. The molecule has 0 aromatic heterocycles. The van der Waals surface area contributed by atoms with Crippen molar-refractivity contribution in [3.63, 3.8) is 0 Å². The molecular weight excluding hydrogens is 222 g/mol. The fourth-order valence-electron chi connectivity index (χ4n) is 2.65. The summed E-state index contributed by atoms with van der Waals surface area (Å²) in [5.74, 6) is 0.834. The highest BCUT2D eigenvalue weighted by molar-refractivity contribution is 5.28. The van der Waals surface area contributed by atoms with E-state index in [1.165, 1.54) is 30.4 Å². The van der Waals surface area contributed by atoms with Crippen LogP contribution in [0, 0.1) is 0 Å². The second kappa shape index (κ2) is 6.91. The largest absolute Gasteiger partial charge is 0.385 e. The maximum Gasteiger partial charge on any atom is 0.0462 e. The van der Waals surface area contributed by atoms with E-state index in [4.69, 9.17) is 4.74 Å². The zero-order valence-corrected chi connectivity index (χ0v) is 11.6. The second-order valence-corrected chi connectivity index (χ2v) is 5.27. The Morgan fingerprint density at radius 2 is 2.00 bits per heavy atom. The van der Waals surface area contributed by atoms with Crippen LogP contribution in [0.2, 0.25) is 0 Å². The number of rotatable bonds is 7. The fraction of sp³-hybridized carbons (Fsp3) is 0.625. The maximum atomic E-state index is 5.12. The molecule has 0 bridgehead atoms. The standard InChI is InChI=1S/C16H25NO/c1-17-16(7-4-12-18-2)15-10-8-14(9-11-15)13-5-3-6-13/h8-11,13,16-17H,3-7,12H2,1-2H3. The van der Waals surface area contributed by atoms with E-state index in [9.17, 15) is 0 Å². The summed E-state index contributed by atoms with van der Waals surface area (Å²) in [6.07, 6.45) is 6.40. The van der Waals surface area contributed by atoms with Crippen LogP contribution in [0.5, 0.6) is 0 Å². The summed E-state index contributed by atoms with van der Waals surface area (Å²) in [5.41, 5.74) is 2.92. The molecule has 1 aliphatic carbocycles. The molecule has 1 unspecified atom stereocenters. The first-order chi connectivity index (χ1) is 8.85. The minimum atomic E-state index is 0.454. The van der Waals surface area contributed by atoms with Gasteiger partial charge in [-0.3, -0.25) is 0 Å². The molecule has 0 spiro atoms. The van der Waals surface area contributed by atoms with Gasteiger partial charge < -0.3 is 10.1 Å². The second-order valence-electron chi connectivity index (χ2n) is 5.27. The lowest BCUT2D eigenvalue weighted by molar-refractivity contribution is 0.189. The fourth-order valence-corrected chi connectivity index (χ4v) is 2.65. The van der Waals surface area contributed by atoms with Crippen molar-refractivity contribution in [2.75, 3.05) is 20.8 Å². The molecule has 1 N–H and O–H groups in total. The van der Waals surface area contributed by atoms with E-state index in [1.807, 2.05) is 7.05 Å². The number of hydrogen-bond acceptors (Lipinski definition) is 2. The van der Waals surface area contributed by atoms with Crippen molar-refractivity contribution in [1.82, 2.24) is 5.32 Å². The van der Waals surface area contributed by atoms with Crippen molar-refractivity contribution < 1.29 is 4.74 Å². The summed E-state index contributed by atoms with van der Waals surface area (Å²) in [6.45, 7) is 0.846. The molecule has 1 fully saturated rings. The molecule has 0 aliphatic heterocycles. The normalized spacial score (nSPS) is 17.4. The van der Waals surface area contributed by atoms with Gasteiger partial charge in [-0.25, -0.2) is 0 Å². The highest BCUT2D eigenvalue weighted by Gasteiger charge is 2.19. The molecule has 1 saturated carbocycles. The van der Waals surface area contributed by atoms with Gasteiger partial charge in [0.2, 0.25) is 0 Å². The van der Waals surface area contributed by atoms with Crippen LogP contribution >= 0.6 is 0 Å². The third kappa shape index (κ3) is 3.33. The molecule has 1 aromatic carbocycles. The Kier molecular flexibility index (Phi) is 5.21. The highest BCUT2D eigenvalue weighted by Crippen LogP contribution is 2.36. The summed E-state index contributed by atoms with van der Waals surface area (Å²) in [5, 5.41) is 3.40. The van der Waals surface area contributed by atoms with E-state index in [0.717, 1.165) is 25.4 Å². The number of hydrogen-bond donors (Lipinski definition) is 1. The monoisotopic (exact) mass is 247 g/mol. The molecule has 0 heterocycles. The number of nitrogens with one attached hydrogen (secondary N) is 1. The van der Waals surface area contributed by atoms with E-state index in [1.54, 1.807) is 7.11 Å². The zero-order valence-electron chi connectivity index (χ0n) is 11.6. The Morgan fingerprint density at radius 1 is 1.28 bits per heavy atom. The number of benzene rings is 1. The van der Waals surface area contributed by atoms with Crippen LogP contribution in [0.15, 0.2) is 24.3 Å². The van der Waals surface area contributed by atoms with E-state index in [0.29, 0.717) is 6.04 Å². The zero-order chi connectivity index (χ0) is 12.8. The Balaban J connectivity index is 1.93. The summed E-state index contributed by atoms with van der Waals surface area (Å²) < 4.78 is 5.12. The first kappa shape index (κ1) is 13.6. The molecule has 0 amide bonds. The van der Waals surface area contributed by atoms with Crippen molar-refractivity contribution in [1.29, 1.82) is 0 Å². The van der Waals surface area contributed by atoms with Gasteiger partial charge in [0.05, 0.1) is 0 Å². The van der Waals surface area contributed by atoms with Crippen molar-refractivity contribution in [2.24, 2.45) is 0 Å². The Hall–Kier alpha value is -0.860. The van der Waals surface area contributed by atoms with Crippen LogP contribution in [-0.4, -0.2) is 20.8 Å². The predicted molar refractivity (Wildman–Crippen MR) is 75.9 cm³/mol. The summed E-state index contributed by atoms with van der Waals surface area (Å²) in [7, 11) is 3.80. The van der Waals surface area contributed by atoms with E-state index in [2.05, 4.69) is 29.6 Å². The molecule has 100 valence electrons. The molecule has 1 aromatic rings. The lowest BCUT2D eigenvalue weighted by Crippen LogP contribution is -2.17. The lowest BCUT2D eigenvalue weighted by atomic mass is 9.80. The van der Waals surface area contributed by atoms with E-state index >= 15 is 0 Å². The lowest BCUT2D eigenvalue weighted by Gasteiger charge is -2.26. The van der Waals surface area contributed by atoms with Crippen LogP contribution in [0.1, 0.15) is 55.2 Å². The Bertz CT molecular complexity index is 343. The van der Waals surface area contributed by atoms with E-state index in [-0.39, 0.29) is 0 Å². The average Bonchev–Trinajstić information content (AvgIpc) is 2.34. The SMILES string of the molecule is CNC(CCCOC)c1ccc(C2CCC2)cc1. The van der Waals surface area contributed by atoms with Crippen molar-refractivity contribution in [2.45, 2.75) is 44.1 Å². The van der Waals surface area contributed by atoms with Gasteiger partial charge in [0.1, 0.15) is 0 Å². The average molecular weight is 247 g/mol. The van der Waals surface area contributed by atoms with Gasteiger partial charge in [0.15, 0.2) is 0 Å². The van der Waals surface area contributed by atoms with Crippen LogP contribution in [0.4, 0.5) is 0 Å². The van der Waals surface area contributed by atoms with Gasteiger partial charge >= 0.3 is 0 Å². The Morgan fingerprint density at radius 3 is 2.50 bits per heavy atom. The highest BCUT2D eigenvalue weighted by atomic mass is 16.5. The molecule has 18 heavy (non-hydrogen) atoms. The van der Waals surface area contributed by atoms with Crippen molar-refractivity contribution in [3.05, 3.63) is 35.4 Å². The van der Waals surface area contributed by atoms with Gasteiger partial charge in [-0.2, -0.15) is 0 Å². The van der Waals surface area contributed by atoms with Crippen LogP contribution in [0.25, 0.3) is 0 Å². The van der Waals surface area contributed by atoms with Crippen molar-refractivity contribution in [3.8, 4) is 0 Å². The molecule has 1 aliphatic rings. The van der Waals surface area contributed by atoms with Gasteiger partial charge in [0, 0.05) is 19.8 Å². The predicted octanol–water partition coefficient (Wildman–Crippen LogP) is 3.64. The molecular formula is C16H25NO. The third-order valence-electron chi connectivity index (χ3n) is 4.11. The molecule has 1 atom stereocenters. The minimum Gasteiger partial charge on any atom is -0.385 e. The maximum absolute atomic E-state index is 5.12. The molecule has 2 rings (SSSR count). The van der Waals surface area contributed by atoms with Gasteiger partial charge in [0.25, 0.3) is 0 Å². The topological polar surface area (TPSA) is 21.3 Å². The quantitative estimate of drug-likeness (QED) is 0.743. The number of methoxy groups -OCH3 is 1. The molecule has 0 radical (unpaired) electrons. The smallest absolute Gasteiger partial charge is 0.0462 e. The van der Waals surface area contributed by atoms with E-state index < -0.39 is 0 Å². The first-order valence-corrected chi connectivity index (χ1v) is 7.11. The van der Waals surface area contributed by atoms with Gasteiger partial charge in [-0.05, 0) is 49.8 Å². The number of ether oxygens (including phenoxy) is 1. The van der Waals surface area contributed by atoms with Gasteiger partial charge in [-0.15, -0.1) is 0 Å². The Labute approximate surface area is 111 Å². The van der Waals surface area contributed by atoms with Crippen molar-refractivity contribution >= 4 is 0 Å². The first-order valence-electron chi connectivity index (χ1n) is 7.11. The van der Waals surface area contributed by atoms with Gasteiger partial charge in [-0.1, -0.05) is 30.7 Å². The van der Waals surface area contributed by atoms with Crippen LogP contribution in [0.3, 0.4) is 0 Å². The molecule has 0 saturated heterocycles. The van der Waals surface area contributed by atoms with Crippen LogP contribution in [-0.2, 0) is 4.74 Å². The molecule has 2 nitrogen and oxygen atoms in total. The third-order valence-corrected chi connectivity index (χ3v) is 4.11. The van der Waals surface area contributed by atoms with Crippen LogP contribution < -0.4 is 5.32 Å². The minimum absolute atomic E-state index is 0.454.